The van der Waals surface area contributed by atoms with Crippen molar-refractivity contribution in [2.24, 2.45) is 0 Å². The second-order valence-corrected chi connectivity index (χ2v) is 5.56. The molecule has 6 nitrogen and oxygen atoms in total. The topological polar surface area (TPSA) is 108 Å². The molecule has 0 saturated heterocycles. The Bertz CT molecular complexity index is 1040. The summed E-state index contributed by atoms with van der Waals surface area (Å²) in [5.41, 5.74) is 7.29. The lowest BCUT2D eigenvalue weighted by atomic mass is 10.0. The smallest absolute Gasteiger partial charge is 0.214 e. The number of nitriles is 2. The Balaban J connectivity index is 2.08. The summed E-state index contributed by atoms with van der Waals surface area (Å²) in [6.07, 6.45) is 0. The van der Waals surface area contributed by atoms with Crippen LogP contribution in [0.4, 0.5) is 5.82 Å². The average Bonchev–Trinajstić information content (AvgIpc) is 2.98. The number of hydrogen-bond donors (Lipinski definition) is 1. The Morgan fingerprint density at radius 1 is 1.04 bits per heavy atom. The molecule has 2 N–H and O–H groups in total. The standard InChI is InChI=1S/C18H10ClN5O/c19-13-5-7-14(8-6-13)24-18(22)15(10-21)16(23-24)17(25)12-3-1-11(9-20)2-4-12/h1-8H,22H2. The predicted octanol–water partition coefficient (Wildman–Crippen LogP) is 3.08. The number of aromatic nitrogens is 2. The van der Waals surface area contributed by atoms with Crippen LogP contribution in [-0.2, 0) is 0 Å². The summed E-state index contributed by atoms with van der Waals surface area (Å²) in [5, 5.41) is 23.0. The number of anilines is 1. The number of ketones is 1. The summed E-state index contributed by atoms with van der Waals surface area (Å²) < 4.78 is 1.33. The van der Waals surface area contributed by atoms with Crippen molar-refractivity contribution >= 4 is 23.2 Å². The molecule has 2 aromatic carbocycles. The molecule has 0 aliphatic heterocycles. The maximum atomic E-state index is 12.7. The first-order valence-corrected chi connectivity index (χ1v) is 7.52. The van der Waals surface area contributed by atoms with Crippen molar-refractivity contribution in [2.75, 3.05) is 5.73 Å². The Labute approximate surface area is 148 Å². The summed E-state index contributed by atoms with van der Waals surface area (Å²) >= 11 is 5.87. The van der Waals surface area contributed by atoms with Gasteiger partial charge in [-0.3, -0.25) is 4.79 Å². The molecule has 0 spiro atoms. The summed E-state index contributed by atoms with van der Waals surface area (Å²) in [5.74, 6) is -0.373. The van der Waals surface area contributed by atoms with Gasteiger partial charge in [0.15, 0.2) is 5.69 Å². The van der Waals surface area contributed by atoms with Gasteiger partial charge in [0.05, 0.1) is 17.3 Å². The average molecular weight is 348 g/mol. The van der Waals surface area contributed by atoms with Crippen molar-refractivity contribution in [2.45, 2.75) is 0 Å². The molecule has 0 unspecified atom stereocenters. The minimum Gasteiger partial charge on any atom is -0.382 e. The molecule has 0 fully saturated rings. The van der Waals surface area contributed by atoms with Crippen LogP contribution >= 0.6 is 11.6 Å². The van der Waals surface area contributed by atoms with Gasteiger partial charge in [-0.05, 0) is 48.5 Å². The Morgan fingerprint density at radius 3 is 2.24 bits per heavy atom. The highest BCUT2D eigenvalue weighted by molar-refractivity contribution is 6.30. The van der Waals surface area contributed by atoms with E-state index in [4.69, 9.17) is 22.6 Å². The van der Waals surface area contributed by atoms with Crippen molar-refractivity contribution in [1.29, 1.82) is 10.5 Å². The number of nitrogen functional groups attached to an aromatic ring is 1. The van der Waals surface area contributed by atoms with Crippen LogP contribution in [0.1, 0.15) is 27.2 Å². The highest BCUT2D eigenvalue weighted by Gasteiger charge is 2.23. The van der Waals surface area contributed by atoms with E-state index in [-0.39, 0.29) is 17.1 Å². The van der Waals surface area contributed by atoms with E-state index >= 15 is 0 Å². The lowest BCUT2D eigenvalue weighted by Gasteiger charge is -2.03. The van der Waals surface area contributed by atoms with E-state index in [9.17, 15) is 10.1 Å². The second-order valence-electron chi connectivity index (χ2n) is 5.13. The number of nitrogens with two attached hydrogens (primary N) is 1. The fourth-order valence-electron chi connectivity index (χ4n) is 2.31. The Hall–Kier alpha value is -3.61. The predicted molar refractivity (Wildman–Crippen MR) is 92.3 cm³/mol. The van der Waals surface area contributed by atoms with E-state index in [1.165, 1.54) is 28.9 Å². The van der Waals surface area contributed by atoms with Gasteiger partial charge < -0.3 is 5.73 Å². The van der Waals surface area contributed by atoms with Gasteiger partial charge in [-0.1, -0.05) is 11.6 Å². The minimum atomic E-state index is -0.444. The van der Waals surface area contributed by atoms with E-state index in [0.29, 0.717) is 21.8 Å². The van der Waals surface area contributed by atoms with Crippen LogP contribution < -0.4 is 5.73 Å². The molecule has 0 aliphatic carbocycles. The van der Waals surface area contributed by atoms with Gasteiger partial charge in [0, 0.05) is 10.6 Å². The van der Waals surface area contributed by atoms with Crippen LogP contribution in [0.25, 0.3) is 5.69 Å². The number of benzene rings is 2. The first kappa shape index (κ1) is 16.3. The van der Waals surface area contributed by atoms with Gasteiger partial charge >= 0.3 is 0 Å². The fourth-order valence-corrected chi connectivity index (χ4v) is 2.44. The van der Waals surface area contributed by atoms with E-state index in [1.807, 2.05) is 12.1 Å². The third-order valence-corrected chi connectivity index (χ3v) is 3.85. The van der Waals surface area contributed by atoms with Crippen LogP contribution in [0.15, 0.2) is 48.5 Å². The molecule has 1 heterocycles. The van der Waals surface area contributed by atoms with Crippen LogP contribution in [-0.4, -0.2) is 15.6 Å². The molecule has 1 aromatic heterocycles. The van der Waals surface area contributed by atoms with Crippen LogP contribution in [0.2, 0.25) is 5.02 Å². The lowest BCUT2D eigenvalue weighted by molar-refractivity contribution is 0.103. The number of hydrogen-bond acceptors (Lipinski definition) is 5. The third-order valence-electron chi connectivity index (χ3n) is 3.60. The molecule has 0 bridgehead atoms. The first-order valence-electron chi connectivity index (χ1n) is 7.14. The van der Waals surface area contributed by atoms with E-state index < -0.39 is 5.78 Å². The minimum absolute atomic E-state index is 0.00399. The van der Waals surface area contributed by atoms with Crippen molar-refractivity contribution in [1.82, 2.24) is 9.78 Å². The molecule has 0 saturated carbocycles. The van der Waals surface area contributed by atoms with Crippen molar-refractivity contribution in [3.05, 3.63) is 75.9 Å². The van der Waals surface area contributed by atoms with Crippen LogP contribution in [0.3, 0.4) is 0 Å². The summed E-state index contributed by atoms with van der Waals surface area (Å²) in [7, 11) is 0. The molecular formula is C18H10ClN5O. The molecule has 120 valence electrons. The zero-order valence-electron chi connectivity index (χ0n) is 12.8. The molecule has 7 heteroatoms. The molecule has 25 heavy (non-hydrogen) atoms. The largest absolute Gasteiger partial charge is 0.382 e. The molecule has 0 radical (unpaired) electrons. The maximum Gasteiger partial charge on any atom is 0.214 e. The normalized spacial score (nSPS) is 10.0. The molecule has 0 amide bonds. The monoisotopic (exact) mass is 347 g/mol. The summed E-state index contributed by atoms with van der Waals surface area (Å²) in [4.78, 5) is 12.7. The summed E-state index contributed by atoms with van der Waals surface area (Å²) in [6.45, 7) is 0. The maximum absolute atomic E-state index is 12.7. The van der Waals surface area contributed by atoms with Gasteiger partial charge in [0.25, 0.3) is 0 Å². The van der Waals surface area contributed by atoms with E-state index in [2.05, 4.69) is 5.10 Å². The SMILES string of the molecule is N#Cc1ccc(C(=O)c2nn(-c3ccc(Cl)cc3)c(N)c2C#N)cc1. The second kappa shape index (κ2) is 6.48. The molecule has 0 atom stereocenters. The summed E-state index contributed by atoms with van der Waals surface area (Å²) in [6, 6.07) is 16.7. The van der Waals surface area contributed by atoms with Gasteiger partial charge in [-0.2, -0.15) is 15.6 Å². The van der Waals surface area contributed by atoms with Gasteiger partial charge in [-0.25, -0.2) is 4.68 Å². The van der Waals surface area contributed by atoms with E-state index in [1.54, 1.807) is 24.3 Å². The Kier molecular flexibility index (Phi) is 4.21. The Morgan fingerprint density at radius 2 is 1.68 bits per heavy atom. The van der Waals surface area contributed by atoms with Crippen LogP contribution in [0, 0.1) is 22.7 Å². The van der Waals surface area contributed by atoms with Crippen molar-refractivity contribution < 1.29 is 4.79 Å². The van der Waals surface area contributed by atoms with Crippen LogP contribution in [0.5, 0.6) is 0 Å². The van der Waals surface area contributed by atoms with E-state index in [0.717, 1.165) is 0 Å². The zero-order chi connectivity index (χ0) is 18.0. The number of carbonyl (C=O) groups is 1. The van der Waals surface area contributed by atoms with Gasteiger partial charge in [-0.15, -0.1) is 0 Å². The van der Waals surface area contributed by atoms with Gasteiger partial charge in [0.1, 0.15) is 17.5 Å². The molecule has 3 aromatic rings. The number of rotatable bonds is 3. The molecule has 3 rings (SSSR count). The quantitative estimate of drug-likeness (QED) is 0.732. The molecule has 0 aliphatic rings. The highest BCUT2D eigenvalue weighted by Crippen LogP contribution is 2.23. The van der Waals surface area contributed by atoms with Crippen molar-refractivity contribution in [3.8, 4) is 17.8 Å². The van der Waals surface area contributed by atoms with Crippen molar-refractivity contribution in [3.63, 3.8) is 0 Å². The highest BCUT2D eigenvalue weighted by atomic mass is 35.5. The lowest BCUT2D eigenvalue weighted by Crippen LogP contribution is -2.05. The zero-order valence-corrected chi connectivity index (χ0v) is 13.5. The fraction of sp³-hybridized carbons (Fsp3) is 0. The molecular weight excluding hydrogens is 338 g/mol. The number of carbonyl (C=O) groups excluding carboxylic acids is 1. The number of halogens is 1. The third kappa shape index (κ3) is 2.94. The van der Waals surface area contributed by atoms with Gasteiger partial charge in [0.2, 0.25) is 5.78 Å². The number of nitrogens with zero attached hydrogens (tertiary/aromatic N) is 4. The first-order chi connectivity index (χ1) is 12.0.